The molecular formula is C14H21NO4. The van der Waals surface area contributed by atoms with Gasteiger partial charge in [-0.05, 0) is 20.3 Å². The molecule has 3 N–H and O–H groups in total. The molecule has 0 atom stereocenters. The van der Waals surface area contributed by atoms with Crippen molar-refractivity contribution in [1.82, 2.24) is 5.32 Å². The van der Waals surface area contributed by atoms with E-state index in [1.165, 1.54) is 0 Å². The van der Waals surface area contributed by atoms with Crippen molar-refractivity contribution >= 4 is 11.9 Å². The summed E-state index contributed by atoms with van der Waals surface area (Å²) in [5, 5.41) is 21.5. The predicted molar refractivity (Wildman–Crippen MR) is 71.4 cm³/mol. The van der Waals surface area contributed by atoms with Crippen molar-refractivity contribution in [1.29, 1.82) is 0 Å². The SMILES string of the molecule is CCCCCC1C(C(=O)O)=C(C)NC(C)=C1C(=O)O. The highest BCUT2D eigenvalue weighted by Crippen LogP contribution is 2.33. The minimum absolute atomic E-state index is 0.180. The lowest BCUT2D eigenvalue weighted by Gasteiger charge is -2.28. The Balaban J connectivity index is 3.12. The van der Waals surface area contributed by atoms with E-state index in [9.17, 15) is 19.8 Å². The summed E-state index contributed by atoms with van der Waals surface area (Å²) in [6.45, 7) is 5.41. The third kappa shape index (κ3) is 3.36. The van der Waals surface area contributed by atoms with Gasteiger partial charge in [0.15, 0.2) is 0 Å². The van der Waals surface area contributed by atoms with E-state index in [2.05, 4.69) is 12.2 Å². The van der Waals surface area contributed by atoms with E-state index in [0.29, 0.717) is 17.8 Å². The van der Waals surface area contributed by atoms with Crippen LogP contribution in [0.15, 0.2) is 22.5 Å². The number of carboxylic acid groups (broad SMARTS) is 2. The van der Waals surface area contributed by atoms with Gasteiger partial charge in [0.05, 0.1) is 11.1 Å². The maximum atomic E-state index is 11.4. The average Bonchev–Trinajstić information content (AvgIpc) is 2.27. The molecule has 0 aromatic carbocycles. The number of nitrogens with one attached hydrogen (secondary N) is 1. The molecule has 0 bridgehead atoms. The summed E-state index contributed by atoms with van der Waals surface area (Å²) in [6, 6.07) is 0. The van der Waals surface area contributed by atoms with Gasteiger partial charge in [-0.3, -0.25) is 0 Å². The summed E-state index contributed by atoms with van der Waals surface area (Å²) >= 11 is 0. The summed E-state index contributed by atoms with van der Waals surface area (Å²) in [6.07, 6.45) is 3.38. The first-order chi connectivity index (χ1) is 8.90. The number of hydrogen-bond donors (Lipinski definition) is 3. The highest BCUT2D eigenvalue weighted by molar-refractivity contribution is 5.96. The van der Waals surface area contributed by atoms with Gasteiger partial charge in [-0.1, -0.05) is 26.2 Å². The molecule has 0 spiro atoms. The summed E-state index contributed by atoms with van der Waals surface area (Å²) in [4.78, 5) is 22.7. The zero-order chi connectivity index (χ0) is 14.6. The van der Waals surface area contributed by atoms with E-state index in [0.717, 1.165) is 19.3 Å². The summed E-state index contributed by atoms with van der Waals surface area (Å²) < 4.78 is 0. The van der Waals surface area contributed by atoms with Crippen molar-refractivity contribution in [2.45, 2.75) is 46.5 Å². The van der Waals surface area contributed by atoms with Crippen LogP contribution in [0.5, 0.6) is 0 Å². The van der Waals surface area contributed by atoms with Crippen molar-refractivity contribution in [3.63, 3.8) is 0 Å². The molecule has 0 saturated carbocycles. The molecular weight excluding hydrogens is 246 g/mol. The van der Waals surface area contributed by atoms with E-state index < -0.39 is 17.9 Å². The second-order valence-electron chi connectivity index (χ2n) is 4.86. The Morgan fingerprint density at radius 3 is 1.89 bits per heavy atom. The van der Waals surface area contributed by atoms with Crippen LogP contribution in [0.4, 0.5) is 0 Å². The van der Waals surface area contributed by atoms with Gasteiger partial charge < -0.3 is 15.5 Å². The number of carbonyl (C=O) groups is 2. The number of dihydropyridines is 1. The Hall–Kier alpha value is -1.78. The molecule has 0 fully saturated rings. The predicted octanol–water partition coefficient (Wildman–Crippen LogP) is 2.50. The third-order valence-electron chi connectivity index (χ3n) is 3.44. The fraction of sp³-hybridized carbons (Fsp3) is 0.571. The van der Waals surface area contributed by atoms with E-state index in [1.54, 1.807) is 13.8 Å². The normalized spacial score (nSPS) is 16.6. The highest BCUT2D eigenvalue weighted by Gasteiger charge is 2.34. The lowest BCUT2D eigenvalue weighted by molar-refractivity contribution is -0.134. The first-order valence-electron chi connectivity index (χ1n) is 6.55. The van der Waals surface area contributed by atoms with Gasteiger partial charge in [-0.25, -0.2) is 9.59 Å². The van der Waals surface area contributed by atoms with Crippen molar-refractivity contribution in [3.05, 3.63) is 22.5 Å². The van der Waals surface area contributed by atoms with E-state index in [4.69, 9.17) is 0 Å². The maximum absolute atomic E-state index is 11.4. The quantitative estimate of drug-likeness (QED) is 0.644. The molecule has 0 unspecified atom stereocenters. The molecule has 19 heavy (non-hydrogen) atoms. The number of unbranched alkanes of at least 4 members (excludes halogenated alkanes) is 2. The minimum Gasteiger partial charge on any atom is -0.478 e. The number of hydrogen-bond acceptors (Lipinski definition) is 3. The summed E-state index contributed by atoms with van der Waals surface area (Å²) in [5.74, 6) is -2.61. The van der Waals surface area contributed by atoms with Gasteiger partial charge in [-0.15, -0.1) is 0 Å². The van der Waals surface area contributed by atoms with Crippen LogP contribution in [-0.4, -0.2) is 22.2 Å². The van der Waals surface area contributed by atoms with E-state index in [1.807, 2.05) is 0 Å². The van der Waals surface area contributed by atoms with Gasteiger partial charge in [0, 0.05) is 17.3 Å². The van der Waals surface area contributed by atoms with Crippen molar-refractivity contribution in [3.8, 4) is 0 Å². The Labute approximate surface area is 113 Å². The number of allylic oxidation sites excluding steroid dienone is 2. The second kappa shape index (κ2) is 6.41. The number of rotatable bonds is 6. The second-order valence-corrected chi connectivity index (χ2v) is 4.86. The molecule has 5 heteroatoms. The first kappa shape index (κ1) is 15.3. The molecule has 0 amide bonds. The van der Waals surface area contributed by atoms with Gasteiger partial charge in [0.1, 0.15) is 0 Å². The standard InChI is InChI=1S/C14H21NO4/c1-4-5-6-7-10-11(13(16)17)8(2)15-9(3)12(10)14(18)19/h10,15H,4-7H2,1-3H3,(H,16,17)(H,18,19). The first-order valence-corrected chi connectivity index (χ1v) is 6.55. The molecule has 0 radical (unpaired) electrons. The molecule has 5 nitrogen and oxygen atoms in total. The highest BCUT2D eigenvalue weighted by atomic mass is 16.4. The Bertz CT molecular complexity index is 412. The topological polar surface area (TPSA) is 86.6 Å². The van der Waals surface area contributed by atoms with Crippen LogP contribution in [-0.2, 0) is 9.59 Å². The zero-order valence-electron chi connectivity index (χ0n) is 11.6. The molecule has 0 aromatic rings. The molecule has 106 valence electrons. The fourth-order valence-electron chi connectivity index (χ4n) is 2.59. The number of carboxylic acids is 2. The lowest BCUT2D eigenvalue weighted by atomic mass is 9.82. The van der Waals surface area contributed by atoms with Crippen molar-refractivity contribution in [2.24, 2.45) is 5.92 Å². The number of aliphatic carboxylic acids is 2. The minimum atomic E-state index is -1.04. The van der Waals surface area contributed by atoms with E-state index >= 15 is 0 Å². The smallest absolute Gasteiger partial charge is 0.333 e. The van der Waals surface area contributed by atoms with Crippen LogP contribution < -0.4 is 5.32 Å². The third-order valence-corrected chi connectivity index (χ3v) is 3.44. The van der Waals surface area contributed by atoms with Crippen LogP contribution >= 0.6 is 0 Å². The zero-order valence-corrected chi connectivity index (χ0v) is 11.6. The monoisotopic (exact) mass is 267 g/mol. The van der Waals surface area contributed by atoms with Crippen LogP contribution in [0.2, 0.25) is 0 Å². The molecule has 1 rings (SSSR count). The fourth-order valence-corrected chi connectivity index (χ4v) is 2.59. The van der Waals surface area contributed by atoms with Crippen LogP contribution in [0.25, 0.3) is 0 Å². The van der Waals surface area contributed by atoms with Crippen LogP contribution in [0.1, 0.15) is 46.5 Å². The molecule has 1 aliphatic rings. The molecule has 1 heterocycles. The van der Waals surface area contributed by atoms with Crippen molar-refractivity contribution in [2.75, 3.05) is 0 Å². The maximum Gasteiger partial charge on any atom is 0.333 e. The molecule has 0 aromatic heterocycles. The largest absolute Gasteiger partial charge is 0.478 e. The molecule has 0 aliphatic carbocycles. The Morgan fingerprint density at radius 2 is 1.53 bits per heavy atom. The Kier molecular flexibility index (Phi) is 5.15. The molecule has 1 aliphatic heterocycles. The van der Waals surface area contributed by atoms with Crippen LogP contribution in [0, 0.1) is 5.92 Å². The summed E-state index contributed by atoms with van der Waals surface area (Å²) in [5.41, 5.74) is 1.44. The van der Waals surface area contributed by atoms with Gasteiger partial charge >= 0.3 is 11.9 Å². The van der Waals surface area contributed by atoms with Crippen molar-refractivity contribution < 1.29 is 19.8 Å². The summed E-state index contributed by atoms with van der Waals surface area (Å²) in [7, 11) is 0. The van der Waals surface area contributed by atoms with Gasteiger partial charge in [-0.2, -0.15) is 0 Å². The Morgan fingerprint density at radius 1 is 1.05 bits per heavy atom. The van der Waals surface area contributed by atoms with Gasteiger partial charge in [0.2, 0.25) is 0 Å². The lowest BCUT2D eigenvalue weighted by Crippen LogP contribution is -2.32. The van der Waals surface area contributed by atoms with Crippen LogP contribution in [0.3, 0.4) is 0 Å². The molecule has 0 saturated heterocycles. The van der Waals surface area contributed by atoms with E-state index in [-0.39, 0.29) is 11.1 Å². The van der Waals surface area contributed by atoms with Gasteiger partial charge in [0.25, 0.3) is 0 Å². The average molecular weight is 267 g/mol.